The Hall–Kier alpha value is -2.40. The summed E-state index contributed by atoms with van der Waals surface area (Å²) < 4.78 is 9.99. The summed E-state index contributed by atoms with van der Waals surface area (Å²) >= 11 is 0. The molecule has 1 heterocycles. The predicted molar refractivity (Wildman–Crippen MR) is 78.8 cm³/mol. The minimum atomic E-state index is -0.519. The third-order valence-electron chi connectivity index (χ3n) is 3.15. The maximum Gasteiger partial charge on any atom is 0.327 e. The Morgan fingerprint density at radius 3 is 2.38 bits per heavy atom. The minimum Gasteiger partial charge on any atom is -0.497 e. The summed E-state index contributed by atoms with van der Waals surface area (Å²) in [6.07, 6.45) is 3.44. The lowest BCUT2D eigenvalue weighted by molar-refractivity contribution is -0.143. The lowest BCUT2D eigenvalue weighted by atomic mass is 10.1. The second-order valence-electron chi connectivity index (χ2n) is 4.47. The maximum atomic E-state index is 12.0. The molecular formula is C16H18N2O3. The number of hydrogen-bond acceptors (Lipinski definition) is 5. The van der Waals surface area contributed by atoms with Crippen molar-refractivity contribution >= 4 is 5.97 Å². The number of nitrogens with zero attached hydrogens (tertiary/aromatic N) is 1. The summed E-state index contributed by atoms with van der Waals surface area (Å²) in [7, 11) is 2.99. The first-order valence-electron chi connectivity index (χ1n) is 6.58. The van der Waals surface area contributed by atoms with Gasteiger partial charge in [-0.25, -0.2) is 4.79 Å². The molecular weight excluding hydrogens is 268 g/mol. The van der Waals surface area contributed by atoms with Crippen LogP contribution in [0.5, 0.6) is 5.75 Å². The Morgan fingerprint density at radius 2 is 1.81 bits per heavy atom. The molecule has 0 amide bonds. The molecule has 0 aliphatic heterocycles. The Balaban J connectivity index is 2.12. The predicted octanol–water partition coefficient (Wildman–Crippen LogP) is 2.09. The molecule has 1 atom stereocenters. The van der Waals surface area contributed by atoms with Crippen LogP contribution in [0.3, 0.4) is 0 Å². The smallest absolute Gasteiger partial charge is 0.327 e. The molecule has 0 fully saturated rings. The van der Waals surface area contributed by atoms with Crippen LogP contribution in [0, 0.1) is 0 Å². The molecule has 0 bridgehead atoms. The van der Waals surface area contributed by atoms with Crippen LogP contribution >= 0.6 is 0 Å². The second-order valence-corrected chi connectivity index (χ2v) is 4.47. The average molecular weight is 286 g/mol. The van der Waals surface area contributed by atoms with Crippen molar-refractivity contribution in [1.82, 2.24) is 10.3 Å². The largest absolute Gasteiger partial charge is 0.497 e. The highest BCUT2D eigenvalue weighted by atomic mass is 16.5. The number of carbonyl (C=O) groups excluding carboxylic acids is 1. The van der Waals surface area contributed by atoms with Crippen molar-refractivity contribution in [2.75, 3.05) is 14.2 Å². The fourth-order valence-corrected chi connectivity index (χ4v) is 1.97. The number of aromatic nitrogens is 1. The van der Waals surface area contributed by atoms with Crippen molar-refractivity contribution in [3.8, 4) is 5.75 Å². The third kappa shape index (κ3) is 4.03. The molecule has 0 aliphatic carbocycles. The first kappa shape index (κ1) is 15.0. The van der Waals surface area contributed by atoms with E-state index < -0.39 is 6.04 Å². The minimum absolute atomic E-state index is 0.325. The zero-order valence-corrected chi connectivity index (χ0v) is 12.1. The van der Waals surface area contributed by atoms with Crippen LogP contribution in [0.15, 0.2) is 48.8 Å². The Bertz CT molecular complexity index is 570. The molecule has 1 unspecified atom stereocenters. The van der Waals surface area contributed by atoms with Gasteiger partial charge in [-0.3, -0.25) is 10.3 Å². The molecule has 0 radical (unpaired) electrons. The summed E-state index contributed by atoms with van der Waals surface area (Å²) in [5.74, 6) is 0.422. The highest BCUT2D eigenvalue weighted by Crippen LogP contribution is 2.19. The fraction of sp³-hybridized carbons (Fsp3) is 0.250. The van der Waals surface area contributed by atoms with Crippen LogP contribution in [0.2, 0.25) is 0 Å². The van der Waals surface area contributed by atoms with Gasteiger partial charge in [0.1, 0.15) is 11.8 Å². The number of esters is 1. The number of ether oxygens (including phenoxy) is 2. The Labute approximate surface area is 123 Å². The van der Waals surface area contributed by atoms with E-state index in [1.54, 1.807) is 19.5 Å². The topological polar surface area (TPSA) is 60.5 Å². The van der Waals surface area contributed by atoms with E-state index in [0.29, 0.717) is 6.54 Å². The van der Waals surface area contributed by atoms with Crippen molar-refractivity contribution in [2.45, 2.75) is 12.6 Å². The molecule has 0 saturated heterocycles. The van der Waals surface area contributed by atoms with Gasteiger partial charge in [-0.05, 0) is 35.4 Å². The van der Waals surface area contributed by atoms with Crippen molar-refractivity contribution in [1.29, 1.82) is 0 Å². The fourth-order valence-electron chi connectivity index (χ4n) is 1.97. The van der Waals surface area contributed by atoms with Crippen LogP contribution in [0.4, 0.5) is 0 Å². The Kier molecular flexibility index (Phi) is 5.29. The molecule has 1 aromatic heterocycles. The number of benzene rings is 1. The highest BCUT2D eigenvalue weighted by molar-refractivity contribution is 5.77. The molecule has 5 nitrogen and oxygen atoms in total. The number of nitrogens with one attached hydrogen (secondary N) is 1. The first-order valence-corrected chi connectivity index (χ1v) is 6.58. The van der Waals surface area contributed by atoms with E-state index in [1.165, 1.54) is 7.11 Å². The quantitative estimate of drug-likeness (QED) is 0.824. The third-order valence-corrected chi connectivity index (χ3v) is 3.15. The van der Waals surface area contributed by atoms with Gasteiger partial charge in [0.2, 0.25) is 0 Å². The number of carbonyl (C=O) groups is 1. The number of hydrogen-bond donors (Lipinski definition) is 1. The molecule has 110 valence electrons. The summed E-state index contributed by atoms with van der Waals surface area (Å²) in [6.45, 7) is 0.550. The molecule has 0 aliphatic rings. The molecule has 2 aromatic rings. The van der Waals surface area contributed by atoms with Gasteiger partial charge in [0.25, 0.3) is 0 Å². The van der Waals surface area contributed by atoms with E-state index in [2.05, 4.69) is 10.3 Å². The second kappa shape index (κ2) is 7.40. The van der Waals surface area contributed by atoms with Gasteiger partial charge in [-0.1, -0.05) is 12.1 Å². The van der Waals surface area contributed by atoms with Crippen molar-refractivity contribution in [3.63, 3.8) is 0 Å². The number of pyridine rings is 1. The lowest BCUT2D eigenvalue weighted by Gasteiger charge is -2.17. The van der Waals surface area contributed by atoms with Crippen molar-refractivity contribution < 1.29 is 14.3 Å². The van der Waals surface area contributed by atoms with Gasteiger partial charge in [-0.15, -0.1) is 0 Å². The van der Waals surface area contributed by atoms with E-state index in [4.69, 9.17) is 9.47 Å². The molecule has 2 rings (SSSR count). The van der Waals surface area contributed by atoms with Gasteiger partial charge in [0.05, 0.1) is 14.2 Å². The summed E-state index contributed by atoms with van der Waals surface area (Å²) in [4.78, 5) is 15.9. The van der Waals surface area contributed by atoms with Gasteiger partial charge in [0, 0.05) is 18.9 Å². The highest BCUT2D eigenvalue weighted by Gasteiger charge is 2.20. The first-order chi connectivity index (χ1) is 10.2. The number of methoxy groups -OCH3 is 2. The van der Waals surface area contributed by atoms with E-state index >= 15 is 0 Å². The Morgan fingerprint density at radius 1 is 1.14 bits per heavy atom. The van der Waals surface area contributed by atoms with E-state index in [1.807, 2.05) is 36.4 Å². The average Bonchev–Trinajstić information content (AvgIpc) is 2.56. The zero-order chi connectivity index (χ0) is 15.1. The van der Waals surface area contributed by atoms with Crippen LogP contribution in [0.1, 0.15) is 17.2 Å². The lowest BCUT2D eigenvalue weighted by Crippen LogP contribution is -2.29. The monoisotopic (exact) mass is 286 g/mol. The SMILES string of the molecule is COC(=O)C(NCc1ccncc1)c1ccc(OC)cc1. The van der Waals surface area contributed by atoms with Crippen molar-refractivity contribution in [3.05, 3.63) is 59.9 Å². The summed E-state index contributed by atoms with van der Waals surface area (Å²) in [5.41, 5.74) is 1.88. The normalized spacial score (nSPS) is 11.7. The van der Waals surface area contributed by atoms with E-state index in [-0.39, 0.29) is 5.97 Å². The van der Waals surface area contributed by atoms with Crippen LogP contribution < -0.4 is 10.1 Å². The van der Waals surface area contributed by atoms with Gasteiger partial charge < -0.3 is 9.47 Å². The maximum absolute atomic E-state index is 12.0. The van der Waals surface area contributed by atoms with Gasteiger partial charge in [0.15, 0.2) is 0 Å². The van der Waals surface area contributed by atoms with Crippen LogP contribution in [-0.2, 0) is 16.1 Å². The van der Waals surface area contributed by atoms with Gasteiger partial charge in [-0.2, -0.15) is 0 Å². The van der Waals surface area contributed by atoms with Gasteiger partial charge >= 0.3 is 5.97 Å². The molecule has 0 spiro atoms. The zero-order valence-electron chi connectivity index (χ0n) is 12.1. The van der Waals surface area contributed by atoms with E-state index in [9.17, 15) is 4.79 Å². The van der Waals surface area contributed by atoms with Crippen molar-refractivity contribution in [2.24, 2.45) is 0 Å². The molecule has 1 aromatic carbocycles. The number of rotatable bonds is 6. The standard InChI is InChI=1S/C16H18N2O3/c1-20-14-5-3-13(4-6-14)15(16(19)21-2)18-11-12-7-9-17-10-8-12/h3-10,15,18H,11H2,1-2H3. The van der Waals surface area contributed by atoms with Crippen LogP contribution in [0.25, 0.3) is 0 Å². The molecule has 0 saturated carbocycles. The van der Waals surface area contributed by atoms with Crippen LogP contribution in [-0.4, -0.2) is 25.2 Å². The summed E-state index contributed by atoms with van der Waals surface area (Å²) in [5, 5.41) is 3.20. The molecule has 5 heteroatoms. The van der Waals surface area contributed by atoms with E-state index in [0.717, 1.165) is 16.9 Å². The molecule has 21 heavy (non-hydrogen) atoms. The summed E-state index contributed by atoms with van der Waals surface area (Å²) in [6, 6.07) is 10.6. The molecule has 1 N–H and O–H groups in total.